The number of halogens is 4. The Hall–Kier alpha value is -3.92. The molecule has 2 amide bonds. The second-order valence-corrected chi connectivity index (χ2v) is 7.13. The number of nitrogens with zero attached hydrogens (tertiary/aromatic N) is 4. The van der Waals surface area contributed by atoms with Crippen molar-refractivity contribution in [1.29, 1.82) is 0 Å². The summed E-state index contributed by atoms with van der Waals surface area (Å²) >= 11 is 5.94. The Labute approximate surface area is 184 Å². The van der Waals surface area contributed by atoms with E-state index >= 15 is 0 Å². The van der Waals surface area contributed by atoms with Crippen LogP contribution in [0.25, 0.3) is 22.5 Å². The predicted molar refractivity (Wildman–Crippen MR) is 113 cm³/mol. The van der Waals surface area contributed by atoms with Crippen molar-refractivity contribution in [3.8, 4) is 22.5 Å². The van der Waals surface area contributed by atoms with Gasteiger partial charge in [0.1, 0.15) is 0 Å². The average molecular weight is 459 g/mol. The third kappa shape index (κ3) is 4.26. The van der Waals surface area contributed by atoms with E-state index in [2.05, 4.69) is 20.6 Å². The first-order valence-corrected chi connectivity index (χ1v) is 9.52. The fourth-order valence-corrected chi connectivity index (χ4v) is 3.32. The number of anilines is 2. The van der Waals surface area contributed by atoms with Crippen molar-refractivity contribution in [3.05, 3.63) is 77.3 Å². The summed E-state index contributed by atoms with van der Waals surface area (Å²) in [4.78, 5) is 13.6. The van der Waals surface area contributed by atoms with E-state index in [4.69, 9.17) is 17.3 Å². The van der Waals surface area contributed by atoms with Crippen LogP contribution in [0.15, 0.2) is 66.7 Å². The second kappa shape index (κ2) is 8.31. The number of nitrogens with one attached hydrogen (secondary N) is 1. The molecule has 0 spiro atoms. The number of tetrazole rings is 1. The Morgan fingerprint density at radius 3 is 2.19 bits per heavy atom. The lowest BCUT2D eigenvalue weighted by atomic mass is 9.99. The third-order valence-corrected chi connectivity index (χ3v) is 4.93. The number of carbonyl (C=O) groups is 1. The van der Waals surface area contributed by atoms with E-state index in [0.29, 0.717) is 33.1 Å². The van der Waals surface area contributed by atoms with E-state index in [9.17, 15) is 18.0 Å². The van der Waals surface area contributed by atoms with Crippen LogP contribution >= 0.6 is 11.6 Å². The molecule has 0 aliphatic heterocycles. The maximum absolute atomic E-state index is 12.9. The Kier molecular flexibility index (Phi) is 5.54. The molecule has 0 radical (unpaired) electrons. The number of primary amides is 1. The third-order valence-electron chi connectivity index (χ3n) is 4.67. The van der Waals surface area contributed by atoms with Crippen molar-refractivity contribution in [3.63, 3.8) is 0 Å². The first-order chi connectivity index (χ1) is 15.2. The van der Waals surface area contributed by atoms with Gasteiger partial charge in [0.25, 0.3) is 0 Å². The number of carbonyl (C=O) groups excluding carboxylic acids is 1. The van der Waals surface area contributed by atoms with Crippen molar-refractivity contribution in [2.24, 2.45) is 5.73 Å². The summed E-state index contributed by atoms with van der Waals surface area (Å²) in [5.74, 6) is 0.175. The monoisotopic (exact) mass is 458 g/mol. The molecule has 1 aromatic heterocycles. The minimum Gasteiger partial charge on any atom is -0.351 e. The van der Waals surface area contributed by atoms with Gasteiger partial charge in [-0.2, -0.15) is 18.4 Å². The highest BCUT2D eigenvalue weighted by Crippen LogP contribution is 2.38. The van der Waals surface area contributed by atoms with Gasteiger partial charge in [0.15, 0.2) is 0 Å². The highest BCUT2D eigenvalue weighted by molar-refractivity contribution is 6.30. The summed E-state index contributed by atoms with van der Waals surface area (Å²) in [5.41, 5.74) is 7.22. The minimum atomic E-state index is -4.43. The molecule has 0 aliphatic rings. The number of aromatic amines is 1. The number of H-pyrrole nitrogens is 1. The zero-order valence-electron chi connectivity index (χ0n) is 16.1. The molecular weight excluding hydrogens is 445 g/mol. The van der Waals surface area contributed by atoms with Gasteiger partial charge in [0.2, 0.25) is 5.82 Å². The first kappa shape index (κ1) is 21.3. The lowest BCUT2D eigenvalue weighted by Crippen LogP contribution is -2.31. The predicted octanol–water partition coefficient (Wildman–Crippen LogP) is 5.42. The van der Waals surface area contributed by atoms with E-state index in [1.165, 1.54) is 17.0 Å². The van der Waals surface area contributed by atoms with Gasteiger partial charge < -0.3 is 5.73 Å². The number of hydrogen-bond acceptors (Lipinski definition) is 4. The number of hydrogen-bond donors (Lipinski definition) is 2. The first-order valence-electron chi connectivity index (χ1n) is 9.14. The second-order valence-electron chi connectivity index (χ2n) is 6.69. The van der Waals surface area contributed by atoms with Gasteiger partial charge in [-0.3, -0.25) is 4.90 Å². The fraction of sp³-hybridized carbons (Fsp3) is 0.0476. The lowest BCUT2D eigenvalue weighted by molar-refractivity contribution is -0.137. The number of alkyl halides is 3. The van der Waals surface area contributed by atoms with Crippen LogP contribution in [0, 0.1) is 0 Å². The summed E-state index contributed by atoms with van der Waals surface area (Å²) in [7, 11) is 0. The lowest BCUT2D eigenvalue weighted by Gasteiger charge is -2.23. The molecule has 11 heteroatoms. The van der Waals surface area contributed by atoms with Gasteiger partial charge in [-0.1, -0.05) is 29.8 Å². The van der Waals surface area contributed by atoms with E-state index in [1.54, 1.807) is 42.5 Å². The van der Waals surface area contributed by atoms with Gasteiger partial charge in [-0.05, 0) is 64.9 Å². The van der Waals surface area contributed by atoms with E-state index < -0.39 is 17.8 Å². The van der Waals surface area contributed by atoms with Crippen molar-refractivity contribution in [2.75, 3.05) is 4.90 Å². The van der Waals surface area contributed by atoms with Crippen molar-refractivity contribution < 1.29 is 18.0 Å². The van der Waals surface area contributed by atoms with Gasteiger partial charge >= 0.3 is 12.2 Å². The van der Waals surface area contributed by atoms with Gasteiger partial charge in [-0.25, -0.2) is 4.79 Å². The van der Waals surface area contributed by atoms with Crippen molar-refractivity contribution >= 4 is 29.0 Å². The molecule has 0 fully saturated rings. The average Bonchev–Trinajstić information content (AvgIpc) is 3.29. The molecular formula is C21H14ClF3N6O. The molecule has 1 heterocycles. The number of urea groups is 1. The zero-order valence-corrected chi connectivity index (χ0v) is 16.9. The van der Waals surface area contributed by atoms with Gasteiger partial charge in [0.05, 0.1) is 16.9 Å². The molecule has 162 valence electrons. The van der Waals surface area contributed by atoms with Crippen LogP contribution in [0.4, 0.5) is 29.3 Å². The van der Waals surface area contributed by atoms with E-state index in [0.717, 1.165) is 12.1 Å². The Morgan fingerprint density at radius 1 is 0.969 bits per heavy atom. The van der Waals surface area contributed by atoms with Crippen molar-refractivity contribution in [1.82, 2.24) is 20.6 Å². The molecule has 0 bridgehead atoms. The van der Waals surface area contributed by atoms with E-state index in [-0.39, 0.29) is 5.82 Å². The highest BCUT2D eigenvalue weighted by Gasteiger charge is 2.30. The van der Waals surface area contributed by atoms with Crippen LogP contribution in [0.1, 0.15) is 5.56 Å². The van der Waals surface area contributed by atoms with Crippen LogP contribution in [0.2, 0.25) is 5.02 Å². The molecule has 7 nitrogen and oxygen atoms in total. The largest absolute Gasteiger partial charge is 0.416 e. The van der Waals surface area contributed by atoms with Crippen LogP contribution in [0.5, 0.6) is 0 Å². The Balaban J connectivity index is 1.83. The maximum Gasteiger partial charge on any atom is 0.416 e. The summed E-state index contributed by atoms with van der Waals surface area (Å²) in [5, 5.41) is 14.3. The minimum absolute atomic E-state index is 0.175. The normalized spacial score (nSPS) is 11.4. The highest BCUT2D eigenvalue weighted by atomic mass is 35.5. The van der Waals surface area contributed by atoms with Crippen LogP contribution < -0.4 is 10.6 Å². The molecule has 0 atom stereocenters. The number of aromatic nitrogens is 4. The van der Waals surface area contributed by atoms with Crippen molar-refractivity contribution in [2.45, 2.75) is 6.18 Å². The van der Waals surface area contributed by atoms with Crippen LogP contribution in [0.3, 0.4) is 0 Å². The summed E-state index contributed by atoms with van der Waals surface area (Å²) in [6, 6.07) is 15.3. The summed E-state index contributed by atoms with van der Waals surface area (Å²) < 4.78 is 38.7. The topological polar surface area (TPSA) is 101 Å². The zero-order chi connectivity index (χ0) is 22.9. The van der Waals surface area contributed by atoms with Gasteiger partial charge in [-0.15, -0.1) is 10.2 Å². The quantitative estimate of drug-likeness (QED) is 0.426. The maximum atomic E-state index is 12.9. The molecule has 4 rings (SSSR count). The van der Waals surface area contributed by atoms with Gasteiger partial charge in [0, 0.05) is 10.6 Å². The molecule has 3 N–H and O–H groups in total. The van der Waals surface area contributed by atoms with Crippen LogP contribution in [-0.2, 0) is 6.18 Å². The molecule has 4 aromatic rings. The summed E-state index contributed by atoms with van der Waals surface area (Å²) in [6.07, 6.45) is -4.43. The van der Waals surface area contributed by atoms with E-state index in [1.807, 2.05) is 0 Å². The summed E-state index contributed by atoms with van der Waals surface area (Å²) in [6.45, 7) is 0. The molecule has 0 aliphatic carbocycles. The Bertz CT molecular complexity index is 1240. The number of amides is 2. The number of benzene rings is 3. The number of nitrogens with two attached hydrogens (primary N) is 1. The molecule has 0 saturated carbocycles. The van der Waals surface area contributed by atoms with Crippen LogP contribution in [-0.4, -0.2) is 26.7 Å². The standard InChI is InChI=1S/C21H14ClF3N6O/c22-15-6-8-16(9-7-15)31(20(26)32)18-10-3-13(11-17(18)19-27-29-30-28-19)12-1-4-14(5-2-12)21(23,24)25/h1-11H,(H2,26,32)(H,27,28,29,30). The number of rotatable bonds is 4. The Morgan fingerprint density at radius 2 is 1.62 bits per heavy atom. The smallest absolute Gasteiger partial charge is 0.351 e. The molecule has 32 heavy (non-hydrogen) atoms. The molecule has 0 unspecified atom stereocenters. The SMILES string of the molecule is NC(=O)N(c1ccc(Cl)cc1)c1ccc(-c2ccc(C(F)(F)F)cc2)cc1-c1nn[nH]n1. The molecule has 3 aromatic carbocycles. The molecule has 0 saturated heterocycles. The fourth-order valence-electron chi connectivity index (χ4n) is 3.19.